The van der Waals surface area contributed by atoms with E-state index in [0.717, 1.165) is 17.9 Å². The molecule has 0 radical (unpaired) electrons. The molecule has 3 unspecified atom stereocenters. The van der Waals surface area contributed by atoms with Crippen molar-refractivity contribution >= 4 is 5.97 Å². The number of para-hydroxylation sites is 1. The summed E-state index contributed by atoms with van der Waals surface area (Å²) in [5, 5.41) is 0. The predicted molar refractivity (Wildman–Crippen MR) is 89.0 cm³/mol. The van der Waals surface area contributed by atoms with Crippen LogP contribution in [0.25, 0.3) is 0 Å². The molecule has 0 aliphatic carbocycles. The molecule has 1 saturated heterocycles. The summed E-state index contributed by atoms with van der Waals surface area (Å²) in [5.41, 5.74) is 1.06. The van der Waals surface area contributed by atoms with Crippen LogP contribution in [0.2, 0.25) is 0 Å². The molecule has 0 saturated carbocycles. The van der Waals surface area contributed by atoms with E-state index in [-0.39, 0.29) is 12.1 Å². The minimum Gasteiger partial charge on any atom is -0.478 e. The van der Waals surface area contributed by atoms with Crippen LogP contribution in [0, 0.1) is 0 Å². The number of esters is 1. The topological polar surface area (TPSA) is 69.8 Å². The Morgan fingerprint density at radius 3 is 2.92 bits per heavy atom. The maximum atomic E-state index is 12.3. The van der Waals surface area contributed by atoms with E-state index in [9.17, 15) is 4.79 Å². The summed E-state index contributed by atoms with van der Waals surface area (Å²) < 4.78 is 26.9. The SMILES string of the molecule is CC(OCCOCC1CO1)OC(=O)C(C)N1COc2ccccc2C1. The Morgan fingerprint density at radius 2 is 2.12 bits per heavy atom. The molecule has 0 spiro atoms. The van der Waals surface area contributed by atoms with Gasteiger partial charge in [-0.1, -0.05) is 18.2 Å². The third kappa shape index (κ3) is 5.40. The van der Waals surface area contributed by atoms with Gasteiger partial charge in [-0.25, -0.2) is 0 Å². The third-order valence-electron chi connectivity index (χ3n) is 4.19. The average molecular weight is 351 g/mol. The molecule has 0 aromatic heterocycles. The molecule has 2 aliphatic heterocycles. The quantitative estimate of drug-likeness (QED) is 0.289. The number of ether oxygens (including phenoxy) is 5. The van der Waals surface area contributed by atoms with Gasteiger partial charge in [0.2, 0.25) is 0 Å². The summed E-state index contributed by atoms with van der Waals surface area (Å²) in [7, 11) is 0. The van der Waals surface area contributed by atoms with Crippen LogP contribution < -0.4 is 4.74 Å². The van der Waals surface area contributed by atoms with Crippen LogP contribution in [0.15, 0.2) is 24.3 Å². The number of benzene rings is 1. The van der Waals surface area contributed by atoms with E-state index in [1.54, 1.807) is 6.92 Å². The number of nitrogens with zero attached hydrogens (tertiary/aromatic N) is 1. The molecule has 2 aliphatic rings. The largest absolute Gasteiger partial charge is 0.478 e. The molecule has 0 bridgehead atoms. The van der Waals surface area contributed by atoms with Gasteiger partial charge >= 0.3 is 5.97 Å². The zero-order valence-corrected chi connectivity index (χ0v) is 14.7. The Labute approximate surface area is 147 Å². The first-order valence-corrected chi connectivity index (χ1v) is 8.59. The van der Waals surface area contributed by atoms with Gasteiger partial charge in [-0.15, -0.1) is 0 Å². The molecule has 1 aromatic carbocycles. The minimum atomic E-state index is -0.617. The van der Waals surface area contributed by atoms with Crippen LogP contribution in [0.1, 0.15) is 19.4 Å². The van der Waals surface area contributed by atoms with Gasteiger partial charge in [0.05, 0.1) is 26.4 Å². The molecule has 25 heavy (non-hydrogen) atoms. The highest BCUT2D eigenvalue weighted by atomic mass is 16.7. The first-order valence-electron chi connectivity index (χ1n) is 8.59. The highest BCUT2D eigenvalue weighted by Gasteiger charge is 2.28. The Kier molecular flexibility index (Phi) is 6.25. The fraction of sp³-hybridized carbons (Fsp3) is 0.611. The average Bonchev–Trinajstić information content (AvgIpc) is 3.44. The van der Waals surface area contributed by atoms with E-state index in [0.29, 0.717) is 33.1 Å². The van der Waals surface area contributed by atoms with Gasteiger partial charge in [-0.3, -0.25) is 9.69 Å². The maximum absolute atomic E-state index is 12.3. The monoisotopic (exact) mass is 351 g/mol. The minimum absolute atomic E-state index is 0.244. The first-order chi connectivity index (χ1) is 12.1. The van der Waals surface area contributed by atoms with E-state index in [1.165, 1.54) is 0 Å². The van der Waals surface area contributed by atoms with Gasteiger partial charge in [-0.2, -0.15) is 0 Å². The Morgan fingerprint density at radius 1 is 1.32 bits per heavy atom. The zero-order valence-electron chi connectivity index (χ0n) is 14.7. The van der Waals surface area contributed by atoms with Gasteiger partial charge in [0.1, 0.15) is 24.6 Å². The van der Waals surface area contributed by atoms with Gasteiger partial charge in [0.25, 0.3) is 0 Å². The summed E-state index contributed by atoms with van der Waals surface area (Å²) in [6.45, 7) is 6.71. The molecule has 0 amide bonds. The number of epoxide rings is 1. The standard InChI is InChI=1S/C18H25NO6/c1-13(19-9-15-5-3-4-6-17(15)24-12-19)18(20)25-14(2)22-8-7-21-10-16-11-23-16/h3-6,13-14,16H,7-12H2,1-2H3. The third-order valence-corrected chi connectivity index (χ3v) is 4.19. The normalized spacial score (nSPS) is 21.8. The van der Waals surface area contributed by atoms with E-state index >= 15 is 0 Å². The maximum Gasteiger partial charge on any atom is 0.325 e. The molecule has 1 fully saturated rings. The predicted octanol–water partition coefficient (Wildman–Crippen LogP) is 1.55. The number of fused-ring (bicyclic) bond motifs is 1. The van der Waals surface area contributed by atoms with Crippen molar-refractivity contribution in [2.45, 2.75) is 38.8 Å². The van der Waals surface area contributed by atoms with E-state index in [1.807, 2.05) is 36.1 Å². The Balaban J connectivity index is 1.36. The highest BCUT2D eigenvalue weighted by Crippen LogP contribution is 2.25. The van der Waals surface area contributed by atoms with Crippen molar-refractivity contribution in [1.82, 2.24) is 4.90 Å². The molecule has 0 N–H and O–H groups in total. The van der Waals surface area contributed by atoms with Crippen LogP contribution >= 0.6 is 0 Å². The molecular formula is C18H25NO6. The Bertz CT molecular complexity index is 576. The molecule has 7 nitrogen and oxygen atoms in total. The van der Waals surface area contributed by atoms with Crippen molar-refractivity contribution in [3.05, 3.63) is 29.8 Å². The summed E-state index contributed by atoms with van der Waals surface area (Å²) in [5.74, 6) is 0.537. The van der Waals surface area contributed by atoms with E-state index < -0.39 is 12.3 Å². The molecule has 7 heteroatoms. The second-order valence-electron chi connectivity index (χ2n) is 6.21. The lowest BCUT2D eigenvalue weighted by Crippen LogP contribution is -2.44. The second-order valence-corrected chi connectivity index (χ2v) is 6.21. The molecule has 2 heterocycles. The van der Waals surface area contributed by atoms with Crippen molar-refractivity contribution in [2.75, 3.05) is 33.2 Å². The van der Waals surface area contributed by atoms with Crippen LogP contribution in [0.5, 0.6) is 5.75 Å². The van der Waals surface area contributed by atoms with Gasteiger partial charge < -0.3 is 23.7 Å². The fourth-order valence-corrected chi connectivity index (χ4v) is 2.54. The summed E-state index contributed by atoms with van der Waals surface area (Å²) in [6, 6.07) is 7.41. The number of carbonyl (C=O) groups excluding carboxylic acids is 1. The summed E-state index contributed by atoms with van der Waals surface area (Å²) in [4.78, 5) is 14.2. The summed E-state index contributed by atoms with van der Waals surface area (Å²) >= 11 is 0. The van der Waals surface area contributed by atoms with Crippen LogP contribution in [-0.2, 0) is 30.3 Å². The van der Waals surface area contributed by atoms with Crippen molar-refractivity contribution in [2.24, 2.45) is 0 Å². The van der Waals surface area contributed by atoms with Crippen LogP contribution in [-0.4, -0.2) is 62.5 Å². The molecule has 3 atom stereocenters. The number of hydrogen-bond donors (Lipinski definition) is 0. The zero-order chi connectivity index (χ0) is 17.6. The second kappa shape index (κ2) is 8.62. The van der Waals surface area contributed by atoms with Crippen molar-refractivity contribution in [3.63, 3.8) is 0 Å². The number of carbonyl (C=O) groups is 1. The van der Waals surface area contributed by atoms with Crippen molar-refractivity contribution in [1.29, 1.82) is 0 Å². The lowest BCUT2D eigenvalue weighted by molar-refractivity contribution is -0.183. The van der Waals surface area contributed by atoms with Gasteiger partial charge in [-0.05, 0) is 19.9 Å². The van der Waals surface area contributed by atoms with Crippen molar-refractivity contribution < 1.29 is 28.5 Å². The summed E-state index contributed by atoms with van der Waals surface area (Å²) in [6.07, 6.45) is -0.373. The first kappa shape index (κ1) is 18.1. The fourth-order valence-electron chi connectivity index (χ4n) is 2.54. The van der Waals surface area contributed by atoms with E-state index in [2.05, 4.69) is 0 Å². The number of rotatable bonds is 9. The molecular weight excluding hydrogens is 326 g/mol. The van der Waals surface area contributed by atoms with Gasteiger partial charge in [0.15, 0.2) is 6.29 Å². The van der Waals surface area contributed by atoms with Gasteiger partial charge in [0, 0.05) is 12.1 Å². The molecule has 3 rings (SSSR count). The molecule has 138 valence electrons. The lowest BCUT2D eigenvalue weighted by Gasteiger charge is -2.32. The van der Waals surface area contributed by atoms with Crippen LogP contribution in [0.4, 0.5) is 0 Å². The highest BCUT2D eigenvalue weighted by molar-refractivity contribution is 5.75. The van der Waals surface area contributed by atoms with Crippen molar-refractivity contribution in [3.8, 4) is 5.75 Å². The smallest absolute Gasteiger partial charge is 0.325 e. The Hall–Kier alpha value is -1.67. The molecule has 1 aromatic rings. The lowest BCUT2D eigenvalue weighted by atomic mass is 10.1. The number of hydrogen-bond acceptors (Lipinski definition) is 7. The van der Waals surface area contributed by atoms with E-state index in [4.69, 9.17) is 23.7 Å². The van der Waals surface area contributed by atoms with Crippen LogP contribution in [0.3, 0.4) is 0 Å².